The highest BCUT2D eigenvalue weighted by molar-refractivity contribution is 5.47. The molecule has 0 spiro atoms. The first-order chi connectivity index (χ1) is 4.63. The Labute approximate surface area is 56.2 Å². The minimum atomic E-state index is -2.59. The van der Waals surface area contributed by atoms with E-state index < -0.39 is 6.43 Å². The Bertz CT molecular complexity index is 231. The number of anilines is 1. The Kier molecular flexibility index (Phi) is 1.57. The summed E-state index contributed by atoms with van der Waals surface area (Å²) in [7, 11) is 0. The molecule has 1 heterocycles. The first-order valence-electron chi connectivity index (χ1n) is 2.71. The van der Waals surface area contributed by atoms with Crippen LogP contribution in [-0.4, -0.2) is 10.2 Å². The summed E-state index contributed by atoms with van der Waals surface area (Å²) in [6.07, 6.45) is -2.59. The third-order valence-electron chi connectivity index (χ3n) is 1.23. The monoisotopic (exact) mass is 147 g/mol. The number of nitrogens with one attached hydrogen (secondary N) is 1. The molecule has 1 rings (SSSR count). The Balaban J connectivity index is 3.05. The fourth-order valence-electron chi connectivity index (χ4n) is 0.623. The van der Waals surface area contributed by atoms with Crippen molar-refractivity contribution < 1.29 is 8.78 Å². The number of alkyl halides is 2. The van der Waals surface area contributed by atoms with Crippen LogP contribution >= 0.6 is 0 Å². The molecule has 0 bridgehead atoms. The van der Waals surface area contributed by atoms with Crippen molar-refractivity contribution in [2.75, 3.05) is 5.73 Å². The summed E-state index contributed by atoms with van der Waals surface area (Å²) in [4.78, 5) is 0. The number of halogens is 2. The van der Waals surface area contributed by atoms with Gasteiger partial charge in [-0.3, -0.25) is 5.10 Å². The van der Waals surface area contributed by atoms with E-state index >= 15 is 0 Å². The fraction of sp³-hybridized carbons (Fsp3) is 0.400. The molecular weight excluding hydrogens is 140 g/mol. The van der Waals surface area contributed by atoms with Gasteiger partial charge in [-0.1, -0.05) is 0 Å². The second-order valence-corrected chi connectivity index (χ2v) is 1.95. The third-order valence-corrected chi connectivity index (χ3v) is 1.23. The molecule has 5 heteroatoms. The summed E-state index contributed by atoms with van der Waals surface area (Å²) in [6.45, 7) is 1.59. The SMILES string of the molecule is Cc1[nH]nc(C(F)F)c1N. The van der Waals surface area contributed by atoms with Gasteiger partial charge >= 0.3 is 0 Å². The number of aromatic amines is 1. The maximum absolute atomic E-state index is 11.9. The molecule has 56 valence electrons. The number of nitrogens with two attached hydrogens (primary N) is 1. The fourth-order valence-corrected chi connectivity index (χ4v) is 0.623. The molecule has 0 atom stereocenters. The van der Waals surface area contributed by atoms with Gasteiger partial charge in [-0.05, 0) is 6.92 Å². The van der Waals surface area contributed by atoms with Crippen LogP contribution in [0.2, 0.25) is 0 Å². The van der Waals surface area contributed by atoms with Gasteiger partial charge in [0.05, 0.1) is 11.4 Å². The molecule has 0 aliphatic heterocycles. The predicted molar refractivity (Wildman–Crippen MR) is 32.7 cm³/mol. The van der Waals surface area contributed by atoms with E-state index in [2.05, 4.69) is 10.2 Å². The molecule has 0 saturated heterocycles. The average Bonchev–Trinajstić information content (AvgIpc) is 2.14. The smallest absolute Gasteiger partial charge is 0.284 e. The van der Waals surface area contributed by atoms with E-state index in [1.54, 1.807) is 6.92 Å². The Morgan fingerprint density at radius 3 is 2.40 bits per heavy atom. The van der Waals surface area contributed by atoms with E-state index in [4.69, 9.17) is 5.73 Å². The van der Waals surface area contributed by atoms with E-state index in [0.717, 1.165) is 0 Å². The van der Waals surface area contributed by atoms with Gasteiger partial charge in [-0.2, -0.15) is 5.10 Å². The standard InChI is InChI=1S/C5H7F2N3/c1-2-3(8)4(5(6)7)10-9-2/h5H,8H2,1H3,(H,9,10). The highest BCUT2D eigenvalue weighted by Crippen LogP contribution is 2.23. The van der Waals surface area contributed by atoms with Crippen LogP contribution in [0.4, 0.5) is 14.5 Å². The first-order valence-corrected chi connectivity index (χ1v) is 2.71. The van der Waals surface area contributed by atoms with Crippen molar-refractivity contribution in [3.05, 3.63) is 11.4 Å². The highest BCUT2D eigenvalue weighted by Gasteiger charge is 2.15. The normalized spacial score (nSPS) is 10.8. The van der Waals surface area contributed by atoms with Crippen LogP contribution in [0, 0.1) is 6.92 Å². The molecule has 10 heavy (non-hydrogen) atoms. The van der Waals surface area contributed by atoms with E-state index in [1.807, 2.05) is 0 Å². The lowest BCUT2D eigenvalue weighted by atomic mass is 10.3. The largest absolute Gasteiger partial charge is 0.396 e. The number of rotatable bonds is 1. The molecular formula is C5H7F2N3. The van der Waals surface area contributed by atoms with Crippen molar-refractivity contribution in [2.45, 2.75) is 13.3 Å². The minimum Gasteiger partial charge on any atom is -0.396 e. The van der Waals surface area contributed by atoms with E-state index in [9.17, 15) is 8.78 Å². The lowest BCUT2D eigenvalue weighted by molar-refractivity contribution is 0.147. The van der Waals surface area contributed by atoms with Gasteiger partial charge in [0, 0.05) is 0 Å². The third kappa shape index (κ3) is 0.940. The second-order valence-electron chi connectivity index (χ2n) is 1.95. The van der Waals surface area contributed by atoms with Gasteiger partial charge in [-0.15, -0.1) is 0 Å². The zero-order valence-electron chi connectivity index (χ0n) is 5.36. The molecule has 0 amide bonds. The van der Waals surface area contributed by atoms with Gasteiger partial charge in [0.1, 0.15) is 0 Å². The lowest BCUT2D eigenvalue weighted by Crippen LogP contribution is -1.92. The van der Waals surface area contributed by atoms with Gasteiger partial charge in [0.25, 0.3) is 6.43 Å². The van der Waals surface area contributed by atoms with E-state index in [-0.39, 0.29) is 11.4 Å². The number of aryl methyl sites for hydroxylation is 1. The summed E-state index contributed by atoms with van der Waals surface area (Å²) in [6, 6.07) is 0. The molecule has 3 N–H and O–H groups in total. The van der Waals surface area contributed by atoms with Gasteiger partial charge in [0.2, 0.25) is 0 Å². The number of nitrogens with zero attached hydrogens (tertiary/aromatic N) is 1. The van der Waals surface area contributed by atoms with Crippen LogP contribution in [0.25, 0.3) is 0 Å². The van der Waals surface area contributed by atoms with Crippen LogP contribution < -0.4 is 5.73 Å². The van der Waals surface area contributed by atoms with Crippen LogP contribution in [0.3, 0.4) is 0 Å². The molecule has 0 unspecified atom stereocenters. The highest BCUT2D eigenvalue weighted by atomic mass is 19.3. The predicted octanol–water partition coefficient (Wildman–Crippen LogP) is 1.24. The number of hydrogen-bond acceptors (Lipinski definition) is 2. The summed E-state index contributed by atoms with van der Waals surface area (Å²) < 4.78 is 23.8. The number of H-pyrrole nitrogens is 1. The summed E-state index contributed by atoms with van der Waals surface area (Å²) in [5, 5.41) is 5.68. The Morgan fingerprint density at radius 2 is 2.20 bits per heavy atom. The van der Waals surface area contributed by atoms with Crippen LogP contribution in [0.1, 0.15) is 17.8 Å². The van der Waals surface area contributed by atoms with Crippen LogP contribution in [0.15, 0.2) is 0 Å². The first kappa shape index (κ1) is 6.98. The topological polar surface area (TPSA) is 54.7 Å². The zero-order chi connectivity index (χ0) is 7.72. The van der Waals surface area contributed by atoms with Crippen LogP contribution in [0.5, 0.6) is 0 Å². The Hall–Kier alpha value is -1.13. The van der Waals surface area contributed by atoms with E-state index in [0.29, 0.717) is 5.69 Å². The molecule has 1 aromatic heterocycles. The molecule has 0 aromatic carbocycles. The molecule has 0 radical (unpaired) electrons. The molecule has 0 saturated carbocycles. The van der Waals surface area contributed by atoms with Crippen molar-refractivity contribution in [3.8, 4) is 0 Å². The maximum atomic E-state index is 11.9. The van der Waals surface area contributed by atoms with Crippen molar-refractivity contribution in [2.24, 2.45) is 0 Å². The Morgan fingerprint density at radius 1 is 1.60 bits per heavy atom. The van der Waals surface area contributed by atoms with Crippen molar-refractivity contribution >= 4 is 5.69 Å². The average molecular weight is 147 g/mol. The summed E-state index contributed by atoms with van der Waals surface area (Å²) in [5.74, 6) is 0. The summed E-state index contributed by atoms with van der Waals surface area (Å²) >= 11 is 0. The maximum Gasteiger partial charge on any atom is 0.284 e. The van der Waals surface area contributed by atoms with Gasteiger partial charge < -0.3 is 5.73 Å². The second kappa shape index (κ2) is 2.24. The minimum absolute atomic E-state index is 0.0509. The molecule has 0 aliphatic carbocycles. The van der Waals surface area contributed by atoms with Crippen molar-refractivity contribution in [1.82, 2.24) is 10.2 Å². The summed E-state index contributed by atoms with van der Waals surface area (Å²) in [5.41, 5.74) is 5.40. The molecule has 0 fully saturated rings. The molecule has 1 aromatic rings. The van der Waals surface area contributed by atoms with Crippen LogP contribution in [-0.2, 0) is 0 Å². The van der Waals surface area contributed by atoms with Crippen molar-refractivity contribution in [1.29, 1.82) is 0 Å². The molecule has 0 aliphatic rings. The van der Waals surface area contributed by atoms with Gasteiger partial charge in [0.15, 0.2) is 5.69 Å². The van der Waals surface area contributed by atoms with Crippen molar-refractivity contribution in [3.63, 3.8) is 0 Å². The zero-order valence-corrected chi connectivity index (χ0v) is 5.36. The molecule has 3 nitrogen and oxygen atoms in total. The lowest BCUT2D eigenvalue weighted by Gasteiger charge is -1.93. The number of aromatic nitrogens is 2. The number of nitrogen functional groups attached to an aromatic ring is 1. The van der Waals surface area contributed by atoms with Gasteiger partial charge in [-0.25, -0.2) is 8.78 Å². The number of hydrogen-bond donors (Lipinski definition) is 2. The quantitative estimate of drug-likeness (QED) is 0.627. The van der Waals surface area contributed by atoms with E-state index in [1.165, 1.54) is 0 Å².